The van der Waals surface area contributed by atoms with Crippen LogP contribution in [0.15, 0.2) is 0 Å². The number of rotatable bonds is 2. The number of nitrogens with zero attached hydrogens (tertiary/aromatic N) is 2. The molecule has 0 aliphatic carbocycles. The van der Waals surface area contributed by atoms with Crippen LogP contribution in [0.1, 0.15) is 41.0 Å². The van der Waals surface area contributed by atoms with E-state index in [4.69, 9.17) is 0 Å². The molecule has 88 valence electrons. The minimum atomic E-state index is 0.423. The van der Waals surface area contributed by atoms with Gasteiger partial charge in [-0.2, -0.15) is 0 Å². The fraction of sp³-hybridized carbons (Fsp3) is 1.00. The first-order valence-corrected chi connectivity index (χ1v) is 6.42. The summed E-state index contributed by atoms with van der Waals surface area (Å²) < 4.78 is 0. The molecule has 2 aliphatic heterocycles. The van der Waals surface area contributed by atoms with Gasteiger partial charge in [-0.05, 0) is 40.3 Å². The second-order valence-corrected chi connectivity index (χ2v) is 6.16. The van der Waals surface area contributed by atoms with Crippen molar-refractivity contribution in [1.82, 2.24) is 9.80 Å². The maximum Gasteiger partial charge on any atom is 0.0374 e. The molecule has 0 aromatic rings. The third-order valence-corrected chi connectivity index (χ3v) is 5.11. The summed E-state index contributed by atoms with van der Waals surface area (Å²) in [6.07, 6.45) is 1.38. The van der Waals surface area contributed by atoms with Crippen LogP contribution in [-0.2, 0) is 0 Å². The van der Waals surface area contributed by atoms with Gasteiger partial charge in [0, 0.05) is 30.1 Å². The number of hydrogen-bond donors (Lipinski definition) is 0. The zero-order chi connectivity index (χ0) is 11.3. The molecule has 0 bridgehead atoms. The van der Waals surface area contributed by atoms with Gasteiger partial charge in [-0.15, -0.1) is 0 Å². The monoisotopic (exact) mass is 210 g/mol. The number of hydrogen-bond acceptors (Lipinski definition) is 2. The molecular weight excluding hydrogens is 184 g/mol. The van der Waals surface area contributed by atoms with Crippen LogP contribution in [-0.4, -0.2) is 47.6 Å². The number of fused-ring (bicyclic) bond motifs is 1. The van der Waals surface area contributed by atoms with Gasteiger partial charge in [0.15, 0.2) is 0 Å². The zero-order valence-electron chi connectivity index (χ0n) is 11.0. The summed E-state index contributed by atoms with van der Waals surface area (Å²) in [5.41, 5.74) is 0.944. The lowest BCUT2D eigenvalue weighted by Crippen LogP contribution is -2.50. The molecule has 2 nitrogen and oxygen atoms in total. The van der Waals surface area contributed by atoms with Crippen LogP contribution in [0.3, 0.4) is 0 Å². The largest absolute Gasteiger partial charge is 0.298 e. The van der Waals surface area contributed by atoms with E-state index in [0.29, 0.717) is 17.0 Å². The van der Waals surface area contributed by atoms with Gasteiger partial charge in [0.25, 0.3) is 0 Å². The van der Waals surface area contributed by atoms with Crippen molar-refractivity contribution in [1.29, 1.82) is 0 Å². The van der Waals surface area contributed by atoms with Crippen molar-refractivity contribution in [3.05, 3.63) is 0 Å². The van der Waals surface area contributed by atoms with E-state index in [-0.39, 0.29) is 0 Å². The van der Waals surface area contributed by atoms with E-state index >= 15 is 0 Å². The molecule has 15 heavy (non-hydrogen) atoms. The summed E-state index contributed by atoms with van der Waals surface area (Å²) in [6, 6.07) is 0.697. The van der Waals surface area contributed by atoms with Crippen LogP contribution in [0, 0.1) is 5.41 Å². The van der Waals surface area contributed by atoms with Crippen LogP contribution in [0.25, 0.3) is 0 Å². The summed E-state index contributed by atoms with van der Waals surface area (Å²) in [5.74, 6) is 0. The molecule has 2 heteroatoms. The second-order valence-electron chi connectivity index (χ2n) is 6.16. The standard InChI is InChI=1S/C13H26N2/c1-6-15-8-7-12(4)9-14(11(2)3)10-13(12,15)5/h11H,6-10H2,1-5H3/t12-,13+/m1/s1. The maximum absolute atomic E-state index is 2.69. The van der Waals surface area contributed by atoms with Crippen LogP contribution in [0.2, 0.25) is 0 Å². The fourth-order valence-corrected chi connectivity index (χ4v) is 3.59. The van der Waals surface area contributed by atoms with E-state index in [9.17, 15) is 0 Å². The molecule has 2 heterocycles. The highest BCUT2D eigenvalue weighted by molar-refractivity contribution is 5.13. The van der Waals surface area contributed by atoms with E-state index in [0.717, 1.165) is 0 Å². The average Bonchev–Trinajstić information content (AvgIpc) is 2.53. The van der Waals surface area contributed by atoms with Gasteiger partial charge < -0.3 is 0 Å². The van der Waals surface area contributed by atoms with Crippen LogP contribution >= 0.6 is 0 Å². The van der Waals surface area contributed by atoms with Crippen LogP contribution in [0.4, 0.5) is 0 Å². The molecule has 2 saturated heterocycles. The van der Waals surface area contributed by atoms with E-state index in [1.165, 1.54) is 32.6 Å². The SMILES string of the molecule is CCN1CC[C@]2(C)CN(C(C)C)C[C@]12C. The molecular formula is C13H26N2. The quantitative estimate of drug-likeness (QED) is 0.689. The molecule has 2 rings (SSSR count). The molecule has 2 fully saturated rings. The highest BCUT2D eigenvalue weighted by atomic mass is 15.3. The smallest absolute Gasteiger partial charge is 0.0374 e. The lowest BCUT2D eigenvalue weighted by molar-refractivity contribution is 0.108. The Balaban J connectivity index is 2.23. The lowest BCUT2D eigenvalue weighted by atomic mass is 9.75. The Morgan fingerprint density at radius 3 is 2.40 bits per heavy atom. The Hall–Kier alpha value is -0.0800. The van der Waals surface area contributed by atoms with Crippen molar-refractivity contribution in [2.24, 2.45) is 5.41 Å². The van der Waals surface area contributed by atoms with Crippen molar-refractivity contribution in [3.8, 4) is 0 Å². The number of likely N-dealkylation sites (tertiary alicyclic amines) is 2. The molecule has 2 atom stereocenters. The Kier molecular flexibility index (Phi) is 2.63. The predicted octanol–water partition coefficient (Wildman–Crippen LogP) is 2.20. The van der Waals surface area contributed by atoms with Gasteiger partial charge in [0.05, 0.1) is 0 Å². The normalized spacial score (nSPS) is 42.8. The fourth-order valence-electron chi connectivity index (χ4n) is 3.59. The van der Waals surface area contributed by atoms with Gasteiger partial charge in [-0.1, -0.05) is 13.8 Å². The third-order valence-electron chi connectivity index (χ3n) is 5.11. The molecule has 0 radical (unpaired) electrons. The minimum absolute atomic E-state index is 0.423. The summed E-state index contributed by atoms with van der Waals surface area (Å²) in [4.78, 5) is 5.34. The first-order chi connectivity index (χ1) is 6.93. The molecule has 0 N–H and O–H groups in total. The van der Waals surface area contributed by atoms with E-state index in [1.54, 1.807) is 0 Å². The molecule has 0 aromatic heterocycles. The third kappa shape index (κ3) is 1.45. The first kappa shape index (κ1) is 11.4. The summed E-state index contributed by atoms with van der Waals surface area (Å²) in [5, 5.41) is 0. The highest BCUT2D eigenvalue weighted by Gasteiger charge is 2.58. The van der Waals surface area contributed by atoms with Crippen LogP contribution in [0.5, 0.6) is 0 Å². The Morgan fingerprint density at radius 2 is 1.87 bits per heavy atom. The Bertz CT molecular complexity index is 251. The number of likely N-dealkylation sites (N-methyl/N-ethyl adjacent to an activating group) is 1. The summed E-state index contributed by atoms with van der Waals surface area (Å²) >= 11 is 0. The predicted molar refractivity (Wildman–Crippen MR) is 65.1 cm³/mol. The highest BCUT2D eigenvalue weighted by Crippen LogP contribution is 2.50. The molecule has 0 amide bonds. The second kappa shape index (κ2) is 3.46. The topological polar surface area (TPSA) is 6.48 Å². The lowest BCUT2D eigenvalue weighted by Gasteiger charge is -2.39. The van der Waals surface area contributed by atoms with Crippen LogP contribution < -0.4 is 0 Å². The van der Waals surface area contributed by atoms with E-state index in [1.807, 2.05) is 0 Å². The maximum atomic E-state index is 2.69. The Labute approximate surface area is 94.6 Å². The molecule has 0 saturated carbocycles. The van der Waals surface area contributed by atoms with Gasteiger partial charge in [-0.25, -0.2) is 0 Å². The van der Waals surface area contributed by atoms with E-state index in [2.05, 4.69) is 44.4 Å². The van der Waals surface area contributed by atoms with E-state index < -0.39 is 0 Å². The van der Waals surface area contributed by atoms with Crippen molar-refractivity contribution >= 4 is 0 Å². The van der Waals surface area contributed by atoms with Gasteiger partial charge in [0.2, 0.25) is 0 Å². The summed E-state index contributed by atoms with van der Waals surface area (Å²) in [7, 11) is 0. The van der Waals surface area contributed by atoms with Crippen molar-refractivity contribution in [3.63, 3.8) is 0 Å². The average molecular weight is 210 g/mol. The minimum Gasteiger partial charge on any atom is -0.298 e. The van der Waals surface area contributed by atoms with Crippen molar-refractivity contribution in [2.45, 2.75) is 52.6 Å². The Morgan fingerprint density at radius 1 is 1.20 bits per heavy atom. The van der Waals surface area contributed by atoms with Gasteiger partial charge in [-0.3, -0.25) is 9.80 Å². The zero-order valence-corrected chi connectivity index (χ0v) is 11.0. The van der Waals surface area contributed by atoms with Crippen molar-refractivity contribution in [2.75, 3.05) is 26.2 Å². The van der Waals surface area contributed by atoms with Gasteiger partial charge in [0.1, 0.15) is 0 Å². The molecule has 0 unspecified atom stereocenters. The summed E-state index contributed by atoms with van der Waals surface area (Å²) in [6.45, 7) is 17.0. The van der Waals surface area contributed by atoms with Crippen molar-refractivity contribution < 1.29 is 0 Å². The molecule has 2 aliphatic rings. The van der Waals surface area contributed by atoms with Gasteiger partial charge >= 0.3 is 0 Å². The molecule has 0 spiro atoms. The molecule has 0 aromatic carbocycles. The first-order valence-electron chi connectivity index (χ1n) is 6.42.